The van der Waals surface area contributed by atoms with Gasteiger partial charge >= 0.3 is 0 Å². The highest BCUT2D eigenvalue weighted by Crippen LogP contribution is 2.42. The van der Waals surface area contributed by atoms with Crippen LogP contribution in [0.1, 0.15) is 24.6 Å². The van der Waals surface area contributed by atoms with Gasteiger partial charge < -0.3 is 10.3 Å². The first-order valence-corrected chi connectivity index (χ1v) is 7.22. The number of nitrogen functional groups attached to an aromatic ring is 1. The summed E-state index contributed by atoms with van der Waals surface area (Å²) >= 11 is 3.49. The van der Waals surface area contributed by atoms with Gasteiger partial charge in [0.25, 0.3) is 0 Å². The monoisotopic (exact) mass is 317 g/mol. The lowest BCUT2D eigenvalue weighted by atomic mass is 10.1. The normalized spacial score (nSPS) is 14.6. The molecule has 1 aliphatic rings. The Morgan fingerprint density at radius 1 is 1.47 bits per heavy atom. The lowest BCUT2D eigenvalue weighted by Crippen LogP contribution is -2.05. The Kier molecular flexibility index (Phi) is 3.19. The number of hydrogen-bond acceptors (Lipinski definition) is 2. The maximum atomic E-state index is 6.28. The van der Waals surface area contributed by atoms with Crippen LogP contribution in [0.15, 0.2) is 41.4 Å². The number of rotatable bonds is 4. The first-order chi connectivity index (χ1) is 9.20. The molecule has 0 unspecified atom stereocenters. The lowest BCUT2D eigenvalue weighted by Gasteiger charge is -2.05. The zero-order valence-electron chi connectivity index (χ0n) is 10.6. The average molecular weight is 318 g/mol. The van der Waals surface area contributed by atoms with E-state index >= 15 is 0 Å². The van der Waals surface area contributed by atoms with Crippen molar-refractivity contribution in [2.24, 2.45) is 0 Å². The van der Waals surface area contributed by atoms with E-state index in [2.05, 4.69) is 27.1 Å². The van der Waals surface area contributed by atoms with Gasteiger partial charge in [0.1, 0.15) is 17.3 Å². The highest BCUT2D eigenvalue weighted by molar-refractivity contribution is 9.10. The topological polar surface area (TPSA) is 43.8 Å². The predicted octanol–water partition coefficient (Wildman–Crippen LogP) is 3.96. The number of imidazole rings is 1. The van der Waals surface area contributed by atoms with Gasteiger partial charge in [-0.05, 0) is 25.0 Å². The van der Waals surface area contributed by atoms with Gasteiger partial charge in [-0.2, -0.15) is 0 Å². The van der Waals surface area contributed by atoms with Crippen LogP contribution in [0.4, 0.5) is 5.82 Å². The van der Waals surface area contributed by atoms with E-state index in [1.54, 1.807) is 0 Å². The molecule has 0 bridgehead atoms. The van der Waals surface area contributed by atoms with Gasteiger partial charge in [-0.3, -0.25) is 0 Å². The van der Waals surface area contributed by atoms with Crippen LogP contribution in [0.2, 0.25) is 0 Å². The van der Waals surface area contributed by atoms with E-state index in [4.69, 9.17) is 10.7 Å². The number of anilines is 1. The maximum Gasteiger partial charge on any atom is 0.132 e. The van der Waals surface area contributed by atoms with Gasteiger partial charge in [0, 0.05) is 22.5 Å². The molecule has 0 radical (unpaired) electrons. The molecule has 0 saturated heterocycles. The van der Waals surface area contributed by atoms with Gasteiger partial charge in [0.2, 0.25) is 0 Å². The first kappa shape index (κ1) is 12.5. The van der Waals surface area contributed by atoms with Crippen LogP contribution >= 0.6 is 15.9 Å². The van der Waals surface area contributed by atoms with Gasteiger partial charge in [-0.1, -0.05) is 34.1 Å². The van der Waals surface area contributed by atoms with Crippen molar-refractivity contribution in [2.75, 3.05) is 5.73 Å². The van der Waals surface area contributed by atoms with E-state index < -0.39 is 0 Å². The standard InChI is InChI=1S/C15H16BrN3/c1-2-8-19-14(17)13(18-15(19)10-6-7-10)11-4-3-5-12(16)9-11/h2-5,9-10H,1,6-8,17H2. The molecular weight excluding hydrogens is 302 g/mol. The van der Waals surface area contributed by atoms with Crippen LogP contribution in [0, 0.1) is 0 Å². The Hall–Kier alpha value is -1.55. The van der Waals surface area contributed by atoms with E-state index in [1.165, 1.54) is 12.8 Å². The van der Waals surface area contributed by atoms with E-state index in [0.717, 1.165) is 33.9 Å². The van der Waals surface area contributed by atoms with Crippen molar-refractivity contribution in [1.29, 1.82) is 0 Å². The van der Waals surface area contributed by atoms with Crippen LogP contribution in [0.3, 0.4) is 0 Å². The summed E-state index contributed by atoms with van der Waals surface area (Å²) in [5, 5.41) is 0. The van der Waals surface area contributed by atoms with Crippen molar-refractivity contribution in [2.45, 2.75) is 25.3 Å². The highest BCUT2D eigenvalue weighted by Gasteiger charge is 2.30. The second kappa shape index (κ2) is 4.85. The smallest absolute Gasteiger partial charge is 0.132 e. The molecule has 0 atom stereocenters. The van der Waals surface area contributed by atoms with Crippen LogP contribution in [-0.2, 0) is 6.54 Å². The van der Waals surface area contributed by atoms with Crippen molar-refractivity contribution < 1.29 is 0 Å². The van der Waals surface area contributed by atoms with Crippen molar-refractivity contribution in [1.82, 2.24) is 9.55 Å². The summed E-state index contributed by atoms with van der Waals surface area (Å²) in [5.41, 5.74) is 8.21. The fourth-order valence-corrected chi connectivity index (χ4v) is 2.71. The number of benzene rings is 1. The zero-order chi connectivity index (χ0) is 13.4. The molecule has 3 nitrogen and oxygen atoms in total. The van der Waals surface area contributed by atoms with E-state index in [-0.39, 0.29) is 0 Å². The first-order valence-electron chi connectivity index (χ1n) is 6.43. The Morgan fingerprint density at radius 3 is 2.89 bits per heavy atom. The van der Waals surface area contributed by atoms with Gasteiger partial charge in [0.05, 0.1) is 0 Å². The fourth-order valence-electron chi connectivity index (χ4n) is 2.31. The molecule has 3 rings (SSSR count). The molecule has 98 valence electrons. The molecule has 1 aromatic carbocycles. The summed E-state index contributed by atoms with van der Waals surface area (Å²) in [6.45, 7) is 4.52. The minimum absolute atomic E-state index is 0.572. The minimum atomic E-state index is 0.572. The SMILES string of the molecule is C=CCn1c(C2CC2)nc(-c2cccc(Br)c2)c1N. The Morgan fingerprint density at radius 2 is 2.26 bits per heavy atom. The summed E-state index contributed by atoms with van der Waals surface area (Å²) < 4.78 is 3.12. The molecule has 1 saturated carbocycles. The third kappa shape index (κ3) is 2.32. The summed E-state index contributed by atoms with van der Waals surface area (Å²) in [4.78, 5) is 4.77. The Balaban J connectivity index is 2.11. The van der Waals surface area contributed by atoms with E-state index in [9.17, 15) is 0 Å². The summed E-state index contributed by atoms with van der Waals surface area (Å²) in [7, 11) is 0. The lowest BCUT2D eigenvalue weighted by molar-refractivity contribution is 0.750. The quantitative estimate of drug-likeness (QED) is 0.867. The fraction of sp³-hybridized carbons (Fsp3) is 0.267. The molecule has 0 aliphatic heterocycles. The van der Waals surface area contributed by atoms with Crippen LogP contribution < -0.4 is 5.73 Å². The summed E-state index contributed by atoms with van der Waals surface area (Å²) in [6.07, 6.45) is 4.30. The number of allylic oxidation sites excluding steroid dienone is 1. The molecule has 1 heterocycles. The minimum Gasteiger partial charge on any atom is -0.383 e. The molecular formula is C15H16BrN3. The number of halogens is 1. The van der Waals surface area contributed by atoms with E-state index in [1.807, 2.05) is 30.3 Å². The molecule has 1 fully saturated rings. The van der Waals surface area contributed by atoms with Gasteiger partial charge in [-0.25, -0.2) is 4.98 Å². The van der Waals surface area contributed by atoms with Gasteiger partial charge in [-0.15, -0.1) is 6.58 Å². The number of nitrogens with zero attached hydrogens (tertiary/aromatic N) is 2. The Labute approximate surface area is 121 Å². The Bertz CT molecular complexity index is 626. The van der Waals surface area contributed by atoms with Crippen LogP contribution in [0.25, 0.3) is 11.3 Å². The van der Waals surface area contributed by atoms with Crippen molar-refractivity contribution in [3.8, 4) is 11.3 Å². The second-order valence-electron chi connectivity index (χ2n) is 4.89. The molecule has 2 aromatic rings. The van der Waals surface area contributed by atoms with Crippen molar-refractivity contribution in [3.63, 3.8) is 0 Å². The summed E-state index contributed by atoms with van der Waals surface area (Å²) in [6, 6.07) is 8.09. The molecule has 0 amide bonds. The second-order valence-corrected chi connectivity index (χ2v) is 5.80. The third-order valence-electron chi connectivity index (χ3n) is 3.39. The van der Waals surface area contributed by atoms with Crippen LogP contribution in [-0.4, -0.2) is 9.55 Å². The number of hydrogen-bond donors (Lipinski definition) is 1. The largest absolute Gasteiger partial charge is 0.383 e. The molecule has 4 heteroatoms. The molecule has 0 spiro atoms. The molecule has 2 N–H and O–H groups in total. The predicted molar refractivity (Wildman–Crippen MR) is 81.9 cm³/mol. The molecule has 1 aromatic heterocycles. The number of nitrogens with two attached hydrogens (primary N) is 1. The van der Waals surface area contributed by atoms with Crippen molar-refractivity contribution >= 4 is 21.7 Å². The van der Waals surface area contributed by atoms with Gasteiger partial charge in [0.15, 0.2) is 0 Å². The summed E-state index contributed by atoms with van der Waals surface area (Å²) in [5.74, 6) is 2.41. The van der Waals surface area contributed by atoms with E-state index in [0.29, 0.717) is 5.92 Å². The molecule has 1 aliphatic carbocycles. The number of aromatic nitrogens is 2. The molecule has 19 heavy (non-hydrogen) atoms. The van der Waals surface area contributed by atoms with Crippen LogP contribution in [0.5, 0.6) is 0 Å². The third-order valence-corrected chi connectivity index (χ3v) is 3.88. The maximum absolute atomic E-state index is 6.28. The van der Waals surface area contributed by atoms with Crippen molar-refractivity contribution in [3.05, 3.63) is 47.2 Å². The average Bonchev–Trinajstić information content (AvgIpc) is 3.17. The zero-order valence-corrected chi connectivity index (χ0v) is 12.2. The highest BCUT2D eigenvalue weighted by atomic mass is 79.9.